The minimum absolute atomic E-state index is 0.0191. The van der Waals surface area contributed by atoms with Crippen LogP contribution in [0, 0.1) is 0 Å². The van der Waals surface area contributed by atoms with Crippen molar-refractivity contribution in [1.82, 2.24) is 5.32 Å². The molecule has 0 aromatic heterocycles. The number of carbonyl (C=O) groups is 2. The van der Waals surface area contributed by atoms with Crippen LogP contribution >= 0.6 is 7.82 Å². The zero-order valence-electron chi connectivity index (χ0n) is 47.6. The van der Waals surface area contributed by atoms with Gasteiger partial charge in [-0.05, 0) is 115 Å². The molecule has 9 nitrogen and oxygen atoms in total. The first kappa shape index (κ1) is 69.7. The molecule has 0 radical (unpaired) electrons. The SMILES string of the molecule is CCCCC/C=C\C/C=C\C/C=C\C/C=C\CCCCCC(=O)OC(/C=C/CCCCCCCCCCC)C(COP(=O)(O)OCC[N+](C)(C)C)NC(=O)CCC/C=C\C/C=C\C/C=C\C/C=C\CCCCC. The van der Waals surface area contributed by atoms with E-state index in [0.717, 1.165) is 83.5 Å². The summed E-state index contributed by atoms with van der Waals surface area (Å²) >= 11 is 0. The van der Waals surface area contributed by atoms with Crippen LogP contribution in [0.1, 0.15) is 226 Å². The van der Waals surface area contributed by atoms with Crippen molar-refractivity contribution in [3.8, 4) is 0 Å². The third-order valence-corrected chi connectivity index (χ3v) is 13.2. The van der Waals surface area contributed by atoms with Crippen LogP contribution < -0.4 is 5.32 Å². The normalized spacial score (nSPS) is 14.6. The van der Waals surface area contributed by atoms with E-state index in [4.69, 9.17) is 13.8 Å². The topological polar surface area (TPSA) is 111 Å². The Hall–Kier alpha value is -3.33. The van der Waals surface area contributed by atoms with Crippen molar-refractivity contribution in [3.63, 3.8) is 0 Å². The van der Waals surface area contributed by atoms with E-state index in [-0.39, 0.29) is 37.9 Å². The number of likely N-dealkylation sites (N-methyl/N-ethyl adjacent to an activating group) is 1. The number of rotatable bonds is 51. The molecule has 0 saturated heterocycles. The summed E-state index contributed by atoms with van der Waals surface area (Å²) in [5.41, 5.74) is 0. The number of allylic oxidation sites excluding steroid dienone is 17. The molecule has 0 aromatic carbocycles. The Morgan fingerprint density at radius 1 is 0.479 bits per heavy atom. The Kier molecular flexibility index (Phi) is 49.7. The number of carbonyl (C=O) groups excluding carboxylic acids is 2. The second kappa shape index (κ2) is 52.1. The van der Waals surface area contributed by atoms with Crippen LogP contribution in [0.2, 0.25) is 0 Å². The number of phosphoric acid groups is 1. The van der Waals surface area contributed by atoms with Crippen molar-refractivity contribution >= 4 is 19.7 Å². The molecule has 0 spiro atoms. The molecule has 0 aliphatic rings. The maximum absolute atomic E-state index is 13.5. The van der Waals surface area contributed by atoms with Gasteiger partial charge in [0.15, 0.2) is 0 Å². The van der Waals surface area contributed by atoms with Gasteiger partial charge in [0.05, 0.1) is 33.8 Å². The fourth-order valence-electron chi connectivity index (χ4n) is 7.62. The first-order chi connectivity index (χ1) is 35.4. The molecule has 418 valence electrons. The smallest absolute Gasteiger partial charge is 0.456 e. The van der Waals surface area contributed by atoms with Gasteiger partial charge in [0.2, 0.25) is 5.91 Å². The van der Waals surface area contributed by atoms with Crippen molar-refractivity contribution in [2.75, 3.05) is 40.9 Å². The van der Waals surface area contributed by atoms with E-state index in [1.54, 1.807) is 0 Å². The molecule has 0 aromatic rings. The Balaban J connectivity index is 5.46. The number of amides is 1. The zero-order valence-corrected chi connectivity index (χ0v) is 48.5. The molecule has 0 fully saturated rings. The van der Waals surface area contributed by atoms with E-state index >= 15 is 0 Å². The van der Waals surface area contributed by atoms with Crippen molar-refractivity contribution in [1.29, 1.82) is 0 Å². The number of nitrogens with zero attached hydrogens (tertiary/aromatic N) is 1. The van der Waals surface area contributed by atoms with Crippen molar-refractivity contribution in [3.05, 3.63) is 109 Å². The lowest BCUT2D eigenvalue weighted by atomic mass is 10.1. The second-order valence-corrected chi connectivity index (χ2v) is 21.9. The van der Waals surface area contributed by atoms with Crippen LogP contribution in [0.4, 0.5) is 0 Å². The summed E-state index contributed by atoms with van der Waals surface area (Å²) in [4.78, 5) is 37.6. The van der Waals surface area contributed by atoms with E-state index in [1.165, 1.54) is 96.3 Å². The van der Waals surface area contributed by atoms with Gasteiger partial charge in [0.25, 0.3) is 0 Å². The molecule has 73 heavy (non-hydrogen) atoms. The van der Waals surface area contributed by atoms with E-state index in [2.05, 4.69) is 123 Å². The minimum Gasteiger partial charge on any atom is -0.456 e. The maximum atomic E-state index is 13.5. The van der Waals surface area contributed by atoms with E-state index in [0.29, 0.717) is 23.9 Å². The van der Waals surface area contributed by atoms with Crippen molar-refractivity contribution in [2.24, 2.45) is 0 Å². The molecular weight excluding hydrogens is 928 g/mol. The number of ether oxygens (including phenoxy) is 1. The molecule has 3 atom stereocenters. The van der Waals surface area contributed by atoms with Crippen LogP contribution in [0.3, 0.4) is 0 Å². The number of nitrogens with one attached hydrogen (secondary N) is 1. The Morgan fingerprint density at radius 2 is 0.849 bits per heavy atom. The summed E-state index contributed by atoms with van der Waals surface area (Å²) < 4.78 is 30.5. The highest BCUT2D eigenvalue weighted by Crippen LogP contribution is 2.43. The average Bonchev–Trinajstić information content (AvgIpc) is 3.35. The number of hydrogen-bond acceptors (Lipinski definition) is 6. The standard InChI is InChI=1S/C63H109N2O7P/c1-7-10-13-16-19-22-25-27-29-31-32-34-36-38-41-44-47-50-53-56-63(67)72-61(54-51-48-45-42-39-24-21-18-15-12-9-3)60(59-71-73(68,69)70-58-57-65(4,5)6)64-62(66)55-52-49-46-43-40-37-35-33-30-28-26-23-20-17-14-11-8-2/h19-20,22-23,27-30,32,34-35,37-38,41,43,46,51,54,60-61H,7-18,21,24-26,31,33,36,39-40,42,44-45,47-50,52-53,55-59H2,1-6H3,(H-,64,66,68,69)/p+1/b22-19-,23-20-,29-27-,30-28-,34-32-,37-35-,41-38-,46-43-,54-51+. The van der Waals surface area contributed by atoms with Gasteiger partial charge in [0, 0.05) is 12.8 Å². The average molecular weight is 1040 g/mol. The molecule has 0 saturated carbocycles. The third-order valence-electron chi connectivity index (χ3n) is 12.2. The van der Waals surface area contributed by atoms with Crippen molar-refractivity contribution < 1.29 is 37.3 Å². The number of hydrogen-bond donors (Lipinski definition) is 2. The summed E-state index contributed by atoms with van der Waals surface area (Å²) in [6.45, 7) is 6.86. The summed E-state index contributed by atoms with van der Waals surface area (Å²) in [7, 11) is 1.43. The minimum atomic E-state index is -4.47. The maximum Gasteiger partial charge on any atom is 0.472 e. The number of unbranched alkanes of at least 4 members (excludes halogenated alkanes) is 19. The fourth-order valence-corrected chi connectivity index (χ4v) is 8.36. The van der Waals surface area contributed by atoms with Gasteiger partial charge in [-0.25, -0.2) is 4.57 Å². The number of esters is 1. The highest BCUT2D eigenvalue weighted by Gasteiger charge is 2.30. The second-order valence-electron chi connectivity index (χ2n) is 20.5. The predicted octanol–water partition coefficient (Wildman–Crippen LogP) is 17.8. The van der Waals surface area contributed by atoms with Gasteiger partial charge in [-0.3, -0.25) is 18.6 Å². The Bertz CT molecular complexity index is 1620. The Labute approximate surface area is 449 Å². The summed E-state index contributed by atoms with van der Waals surface area (Å²) in [5.74, 6) is -0.616. The van der Waals surface area contributed by atoms with E-state index < -0.39 is 20.0 Å². The fraction of sp³-hybridized carbons (Fsp3) is 0.683. The molecule has 10 heteroatoms. The lowest BCUT2D eigenvalue weighted by molar-refractivity contribution is -0.870. The summed E-state index contributed by atoms with van der Waals surface area (Å²) in [5, 5.41) is 3.00. The first-order valence-corrected chi connectivity index (χ1v) is 30.7. The van der Waals surface area contributed by atoms with Gasteiger partial charge >= 0.3 is 13.8 Å². The molecule has 3 unspecified atom stereocenters. The molecule has 0 aliphatic carbocycles. The monoisotopic (exact) mass is 1040 g/mol. The number of phosphoric ester groups is 1. The van der Waals surface area contributed by atoms with Crippen LogP contribution in [-0.4, -0.2) is 74.3 Å². The van der Waals surface area contributed by atoms with Crippen LogP contribution in [0.5, 0.6) is 0 Å². The largest absolute Gasteiger partial charge is 0.472 e. The highest BCUT2D eigenvalue weighted by molar-refractivity contribution is 7.47. The zero-order chi connectivity index (χ0) is 53.6. The molecule has 0 rings (SSSR count). The van der Waals surface area contributed by atoms with Gasteiger partial charge in [-0.1, -0.05) is 208 Å². The van der Waals surface area contributed by atoms with Gasteiger partial charge in [0.1, 0.15) is 19.3 Å². The van der Waals surface area contributed by atoms with Gasteiger partial charge < -0.3 is 19.4 Å². The van der Waals surface area contributed by atoms with Gasteiger partial charge in [-0.2, -0.15) is 0 Å². The molecule has 1 amide bonds. The molecule has 2 N–H and O–H groups in total. The predicted molar refractivity (Wildman–Crippen MR) is 313 cm³/mol. The quantitative estimate of drug-likeness (QED) is 0.0205. The van der Waals surface area contributed by atoms with Crippen LogP contribution in [0.25, 0.3) is 0 Å². The first-order valence-electron chi connectivity index (χ1n) is 29.2. The summed E-state index contributed by atoms with van der Waals surface area (Å²) in [6.07, 6.45) is 70.9. The highest BCUT2D eigenvalue weighted by atomic mass is 31.2. The molecule has 0 bridgehead atoms. The third kappa shape index (κ3) is 53.3. The van der Waals surface area contributed by atoms with Crippen LogP contribution in [0.15, 0.2) is 109 Å². The van der Waals surface area contributed by atoms with E-state index in [1.807, 2.05) is 33.3 Å². The lowest BCUT2D eigenvalue weighted by Crippen LogP contribution is -2.47. The number of quaternary nitrogens is 1. The van der Waals surface area contributed by atoms with Crippen molar-refractivity contribution in [2.45, 2.75) is 238 Å². The summed E-state index contributed by atoms with van der Waals surface area (Å²) in [6, 6.07) is -0.896. The lowest BCUT2D eigenvalue weighted by Gasteiger charge is -2.27. The van der Waals surface area contributed by atoms with Crippen LogP contribution in [-0.2, 0) is 27.9 Å². The molecule has 0 heterocycles. The van der Waals surface area contributed by atoms with E-state index in [9.17, 15) is 19.0 Å². The van der Waals surface area contributed by atoms with Gasteiger partial charge in [-0.15, -0.1) is 0 Å². The molecule has 0 aliphatic heterocycles. The Morgan fingerprint density at radius 3 is 1.30 bits per heavy atom. The molecular formula is C63H110N2O7P+.